The summed E-state index contributed by atoms with van der Waals surface area (Å²) in [6.45, 7) is 7.60. The first-order chi connectivity index (χ1) is 11.8. The van der Waals surface area contributed by atoms with Crippen molar-refractivity contribution in [2.45, 2.75) is 46.6 Å². The highest BCUT2D eigenvalue weighted by molar-refractivity contribution is 7.09. The third-order valence-electron chi connectivity index (χ3n) is 4.84. The van der Waals surface area contributed by atoms with Crippen LogP contribution in [0.4, 0.5) is 5.69 Å². The topological polar surface area (TPSA) is 66.4 Å². The number of carbonyl (C=O) groups excluding carboxylic acids is 2. The molecule has 0 spiro atoms. The molecule has 2 aromatic heterocycles. The summed E-state index contributed by atoms with van der Waals surface area (Å²) in [5, 5.41) is 3.07. The summed E-state index contributed by atoms with van der Waals surface area (Å²) in [4.78, 5) is 34.9. The normalized spacial score (nSPS) is 18.3. The molecule has 2 aromatic rings. The van der Waals surface area contributed by atoms with Crippen LogP contribution in [0.2, 0.25) is 0 Å². The van der Waals surface area contributed by atoms with Crippen molar-refractivity contribution >= 4 is 28.8 Å². The molecule has 132 valence electrons. The minimum absolute atomic E-state index is 0.0552. The molecular formula is C18H22N4O2S. The van der Waals surface area contributed by atoms with Crippen molar-refractivity contribution in [3.05, 3.63) is 40.6 Å². The molecule has 0 radical (unpaired) electrons. The second-order valence-electron chi connectivity index (χ2n) is 6.99. The lowest BCUT2D eigenvalue weighted by Gasteiger charge is -2.52. The molecule has 1 unspecified atom stereocenters. The van der Waals surface area contributed by atoms with Crippen molar-refractivity contribution < 1.29 is 9.59 Å². The van der Waals surface area contributed by atoms with Crippen molar-refractivity contribution in [3.8, 4) is 0 Å². The smallest absolute Gasteiger partial charge is 0.273 e. The number of anilines is 1. The molecule has 2 amide bonds. The number of hydrogen-bond acceptors (Lipinski definition) is 5. The molecule has 0 aliphatic heterocycles. The van der Waals surface area contributed by atoms with E-state index in [1.54, 1.807) is 35.0 Å². The van der Waals surface area contributed by atoms with Gasteiger partial charge in [-0.2, -0.15) is 0 Å². The lowest BCUT2D eigenvalue weighted by atomic mass is 9.67. The predicted molar refractivity (Wildman–Crippen MR) is 97.2 cm³/mol. The van der Waals surface area contributed by atoms with E-state index in [0.717, 1.165) is 17.7 Å². The lowest BCUT2D eigenvalue weighted by Crippen LogP contribution is -2.62. The van der Waals surface area contributed by atoms with Crippen molar-refractivity contribution in [3.63, 3.8) is 0 Å². The Bertz CT molecular complexity index is 787. The predicted octanol–water partition coefficient (Wildman–Crippen LogP) is 3.45. The zero-order chi connectivity index (χ0) is 18.2. The van der Waals surface area contributed by atoms with E-state index < -0.39 is 0 Å². The minimum atomic E-state index is -0.233. The summed E-state index contributed by atoms with van der Waals surface area (Å²) in [5.41, 5.74) is 2.65. The van der Waals surface area contributed by atoms with Gasteiger partial charge in [0.2, 0.25) is 5.91 Å². The van der Waals surface area contributed by atoms with Gasteiger partial charge in [0.25, 0.3) is 5.91 Å². The quantitative estimate of drug-likeness (QED) is 0.788. The number of aryl methyl sites for hydroxylation is 1. The minimum Gasteiger partial charge on any atom is -0.273 e. The number of hydrazine groups is 1. The van der Waals surface area contributed by atoms with Crippen LogP contribution in [0, 0.1) is 12.3 Å². The maximum atomic E-state index is 13.3. The largest absolute Gasteiger partial charge is 0.292 e. The zero-order valence-electron chi connectivity index (χ0n) is 14.9. The molecule has 0 N–H and O–H groups in total. The van der Waals surface area contributed by atoms with E-state index in [1.165, 1.54) is 23.3 Å². The summed E-state index contributed by atoms with van der Waals surface area (Å²) in [5.74, 6) is -0.446. The van der Waals surface area contributed by atoms with E-state index in [4.69, 9.17) is 0 Å². The molecule has 0 aromatic carbocycles. The van der Waals surface area contributed by atoms with Gasteiger partial charge in [-0.3, -0.25) is 14.6 Å². The number of carbonyl (C=O) groups is 2. The van der Waals surface area contributed by atoms with Gasteiger partial charge in [0, 0.05) is 24.2 Å². The fourth-order valence-electron chi connectivity index (χ4n) is 3.24. The van der Waals surface area contributed by atoms with E-state index >= 15 is 0 Å². The Kier molecular flexibility index (Phi) is 4.60. The molecule has 2 heterocycles. The second-order valence-corrected chi connectivity index (χ2v) is 8.05. The van der Waals surface area contributed by atoms with Crippen LogP contribution in [-0.4, -0.2) is 32.8 Å². The fourth-order valence-corrected chi connectivity index (χ4v) is 3.81. The van der Waals surface area contributed by atoms with E-state index in [9.17, 15) is 9.59 Å². The van der Waals surface area contributed by atoms with Gasteiger partial charge in [0.15, 0.2) is 0 Å². The molecule has 1 atom stereocenters. The molecule has 3 rings (SSSR count). The molecule has 0 saturated heterocycles. The number of thiazole rings is 1. The standard InChI is InChI=1S/C18H22N4O2S/c1-12-16(20-11-25-12)17(24)22(15-5-8-18(15,3)4)21(13(2)23)14-6-9-19-10-7-14/h6-7,9-11,15H,5,8H2,1-4H3. The average Bonchev–Trinajstić information content (AvgIpc) is 2.99. The van der Waals surface area contributed by atoms with Crippen LogP contribution < -0.4 is 5.01 Å². The number of nitrogens with zero attached hydrogens (tertiary/aromatic N) is 4. The summed E-state index contributed by atoms with van der Waals surface area (Å²) < 4.78 is 0. The van der Waals surface area contributed by atoms with E-state index in [2.05, 4.69) is 23.8 Å². The van der Waals surface area contributed by atoms with Crippen LogP contribution in [0.3, 0.4) is 0 Å². The van der Waals surface area contributed by atoms with Crippen molar-refractivity contribution in [1.29, 1.82) is 0 Å². The maximum absolute atomic E-state index is 13.3. The number of aromatic nitrogens is 2. The molecule has 0 bridgehead atoms. The number of hydrogen-bond donors (Lipinski definition) is 0. The number of amides is 2. The van der Waals surface area contributed by atoms with Crippen LogP contribution in [-0.2, 0) is 4.79 Å². The van der Waals surface area contributed by atoms with Crippen LogP contribution in [0.15, 0.2) is 30.0 Å². The molecule has 1 aliphatic rings. The highest BCUT2D eigenvalue weighted by Gasteiger charge is 2.48. The van der Waals surface area contributed by atoms with Gasteiger partial charge in [0.05, 0.1) is 17.2 Å². The van der Waals surface area contributed by atoms with E-state index in [0.29, 0.717) is 11.4 Å². The van der Waals surface area contributed by atoms with Crippen LogP contribution >= 0.6 is 11.3 Å². The van der Waals surface area contributed by atoms with Crippen molar-refractivity contribution in [2.75, 3.05) is 5.01 Å². The number of rotatable bonds is 3. The molecular weight excluding hydrogens is 336 g/mol. The fraction of sp³-hybridized carbons (Fsp3) is 0.444. The SMILES string of the molecule is CC(=O)N(c1ccncc1)N(C(=O)c1ncsc1C)C1CCC1(C)C. The molecule has 1 saturated carbocycles. The van der Waals surface area contributed by atoms with Gasteiger partial charge < -0.3 is 0 Å². The van der Waals surface area contributed by atoms with Gasteiger partial charge in [0.1, 0.15) is 5.69 Å². The molecule has 1 fully saturated rings. The molecule has 1 aliphatic carbocycles. The first kappa shape index (κ1) is 17.5. The van der Waals surface area contributed by atoms with Crippen LogP contribution in [0.25, 0.3) is 0 Å². The van der Waals surface area contributed by atoms with Crippen molar-refractivity contribution in [2.24, 2.45) is 5.41 Å². The zero-order valence-corrected chi connectivity index (χ0v) is 15.7. The third-order valence-corrected chi connectivity index (χ3v) is 5.59. The van der Waals surface area contributed by atoms with Crippen molar-refractivity contribution in [1.82, 2.24) is 15.0 Å². The highest BCUT2D eigenvalue weighted by Crippen LogP contribution is 2.45. The number of pyridine rings is 1. The van der Waals surface area contributed by atoms with Gasteiger partial charge in [-0.25, -0.2) is 15.0 Å². The van der Waals surface area contributed by atoms with Crippen LogP contribution in [0.1, 0.15) is 49.0 Å². The summed E-state index contributed by atoms with van der Waals surface area (Å²) in [6.07, 6.45) is 5.11. The Labute approximate surface area is 151 Å². The van der Waals surface area contributed by atoms with Gasteiger partial charge in [-0.15, -0.1) is 11.3 Å². The van der Waals surface area contributed by atoms with Gasteiger partial charge in [-0.1, -0.05) is 13.8 Å². The Morgan fingerprint density at radius 3 is 2.40 bits per heavy atom. The monoisotopic (exact) mass is 358 g/mol. The second kappa shape index (κ2) is 6.55. The summed E-state index contributed by atoms with van der Waals surface area (Å²) in [6, 6.07) is 3.42. The van der Waals surface area contributed by atoms with Crippen LogP contribution in [0.5, 0.6) is 0 Å². The van der Waals surface area contributed by atoms with E-state index in [-0.39, 0.29) is 23.3 Å². The third kappa shape index (κ3) is 3.16. The highest BCUT2D eigenvalue weighted by atomic mass is 32.1. The Hall–Kier alpha value is -2.28. The lowest BCUT2D eigenvalue weighted by molar-refractivity contribution is -0.121. The molecule has 6 nitrogen and oxygen atoms in total. The van der Waals surface area contributed by atoms with E-state index in [1.807, 2.05) is 6.92 Å². The summed E-state index contributed by atoms with van der Waals surface area (Å²) >= 11 is 1.43. The average molecular weight is 358 g/mol. The Balaban J connectivity index is 2.08. The summed E-state index contributed by atoms with van der Waals surface area (Å²) in [7, 11) is 0. The molecule has 7 heteroatoms. The van der Waals surface area contributed by atoms with Gasteiger partial charge in [-0.05, 0) is 37.3 Å². The first-order valence-corrected chi connectivity index (χ1v) is 9.15. The maximum Gasteiger partial charge on any atom is 0.292 e. The molecule has 25 heavy (non-hydrogen) atoms. The van der Waals surface area contributed by atoms with Gasteiger partial charge >= 0.3 is 0 Å². The first-order valence-electron chi connectivity index (χ1n) is 8.27. The Morgan fingerprint density at radius 2 is 1.96 bits per heavy atom. The Morgan fingerprint density at radius 1 is 1.28 bits per heavy atom.